The van der Waals surface area contributed by atoms with Crippen molar-refractivity contribution in [1.82, 2.24) is 10.6 Å². The fourth-order valence-electron chi connectivity index (χ4n) is 2.45. The van der Waals surface area contributed by atoms with Crippen LogP contribution in [0.15, 0.2) is 18.2 Å². The molecule has 3 amide bonds. The lowest BCUT2D eigenvalue weighted by Crippen LogP contribution is -2.44. The Labute approximate surface area is 133 Å². The lowest BCUT2D eigenvalue weighted by molar-refractivity contribution is -0.120. The van der Waals surface area contributed by atoms with Crippen molar-refractivity contribution in [3.05, 3.63) is 23.2 Å². The Morgan fingerprint density at radius 2 is 2.27 bits per heavy atom. The van der Waals surface area contributed by atoms with E-state index in [1.807, 2.05) is 12.1 Å². The van der Waals surface area contributed by atoms with Crippen LogP contribution in [-0.4, -0.2) is 44.7 Å². The molecule has 0 aliphatic carbocycles. The van der Waals surface area contributed by atoms with Crippen molar-refractivity contribution in [3.8, 4) is 5.75 Å². The molecule has 1 fully saturated rings. The number of carbonyl (C=O) groups is 2. The van der Waals surface area contributed by atoms with Gasteiger partial charge in [-0.1, -0.05) is 11.6 Å². The third-order valence-electron chi connectivity index (χ3n) is 3.46. The number of halogens is 1. The normalized spacial score (nSPS) is 17.2. The molecule has 1 aromatic carbocycles. The van der Waals surface area contributed by atoms with Crippen molar-refractivity contribution in [2.45, 2.75) is 12.5 Å². The Morgan fingerprint density at radius 3 is 2.95 bits per heavy atom. The molecule has 120 valence electrons. The number of benzene rings is 1. The van der Waals surface area contributed by atoms with Gasteiger partial charge in [0.15, 0.2) is 0 Å². The zero-order valence-corrected chi connectivity index (χ0v) is 13.0. The average Bonchev–Trinajstić information content (AvgIpc) is 2.93. The van der Waals surface area contributed by atoms with Gasteiger partial charge in [0.2, 0.25) is 5.91 Å². The number of anilines is 1. The summed E-state index contributed by atoms with van der Waals surface area (Å²) < 4.78 is 5.34. The number of nitrogens with two attached hydrogens (primary N) is 1. The van der Waals surface area contributed by atoms with Crippen molar-refractivity contribution in [3.63, 3.8) is 0 Å². The van der Waals surface area contributed by atoms with Crippen molar-refractivity contribution in [1.29, 1.82) is 0 Å². The second-order valence-corrected chi connectivity index (χ2v) is 5.47. The number of primary amides is 1. The van der Waals surface area contributed by atoms with E-state index in [2.05, 4.69) is 15.5 Å². The monoisotopic (exact) mass is 326 g/mol. The van der Waals surface area contributed by atoms with E-state index in [4.69, 9.17) is 22.1 Å². The number of rotatable bonds is 5. The van der Waals surface area contributed by atoms with E-state index in [-0.39, 0.29) is 18.5 Å². The molecule has 0 aromatic heterocycles. The second-order valence-electron chi connectivity index (χ2n) is 5.03. The van der Waals surface area contributed by atoms with Crippen molar-refractivity contribution < 1.29 is 14.3 Å². The van der Waals surface area contributed by atoms with E-state index in [1.165, 1.54) is 0 Å². The number of nitrogens with one attached hydrogen (secondary N) is 2. The minimum atomic E-state index is -0.716. The van der Waals surface area contributed by atoms with Crippen LogP contribution in [0.1, 0.15) is 6.42 Å². The minimum absolute atomic E-state index is 0.00543. The highest BCUT2D eigenvalue weighted by molar-refractivity contribution is 6.30. The summed E-state index contributed by atoms with van der Waals surface area (Å²) in [6.45, 7) is 1.32. The number of hydrogen-bond donors (Lipinski definition) is 3. The van der Waals surface area contributed by atoms with E-state index in [0.717, 1.165) is 24.4 Å². The quantitative estimate of drug-likeness (QED) is 0.742. The zero-order valence-electron chi connectivity index (χ0n) is 12.3. The zero-order chi connectivity index (χ0) is 16.1. The SMILES string of the molecule is COc1ccc(Cl)cc1N1CC[C@H](NC(=O)CNC(N)=O)C1. The molecule has 0 spiro atoms. The van der Waals surface area contributed by atoms with E-state index in [1.54, 1.807) is 13.2 Å². The molecule has 1 aliphatic heterocycles. The van der Waals surface area contributed by atoms with E-state index < -0.39 is 6.03 Å². The van der Waals surface area contributed by atoms with Gasteiger partial charge in [-0.3, -0.25) is 4.79 Å². The summed E-state index contributed by atoms with van der Waals surface area (Å²) >= 11 is 6.04. The van der Waals surface area contributed by atoms with Crippen LogP contribution in [0.3, 0.4) is 0 Å². The molecule has 7 nitrogen and oxygen atoms in total. The van der Waals surface area contributed by atoms with Crippen LogP contribution in [0.5, 0.6) is 5.75 Å². The molecule has 1 aromatic rings. The maximum Gasteiger partial charge on any atom is 0.312 e. The Kier molecular flexibility index (Phi) is 5.32. The predicted octanol–water partition coefficient (Wildman–Crippen LogP) is 0.712. The van der Waals surface area contributed by atoms with Crippen LogP contribution in [0.25, 0.3) is 0 Å². The van der Waals surface area contributed by atoms with Crippen LogP contribution in [0.4, 0.5) is 10.5 Å². The third kappa shape index (κ3) is 4.17. The highest BCUT2D eigenvalue weighted by Crippen LogP contribution is 2.33. The maximum atomic E-state index is 11.7. The molecule has 0 saturated carbocycles. The fraction of sp³-hybridized carbons (Fsp3) is 0.429. The topological polar surface area (TPSA) is 96.7 Å². The maximum absolute atomic E-state index is 11.7. The third-order valence-corrected chi connectivity index (χ3v) is 3.69. The molecule has 8 heteroatoms. The molecule has 1 heterocycles. The van der Waals surface area contributed by atoms with Gasteiger partial charge in [-0.25, -0.2) is 4.79 Å². The van der Waals surface area contributed by atoms with E-state index >= 15 is 0 Å². The van der Waals surface area contributed by atoms with Gasteiger partial charge in [0.05, 0.1) is 19.3 Å². The highest BCUT2D eigenvalue weighted by atomic mass is 35.5. The van der Waals surface area contributed by atoms with E-state index in [9.17, 15) is 9.59 Å². The fourth-order valence-corrected chi connectivity index (χ4v) is 2.62. The van der Waals surface area contributed by atoms with Crippen LogP contribution in [-0.2, 0) is 4.79 Å². The largest absolute Gasteiger partial charge is 0.495 e. The van der Waals surface area contributed by atoms with Crippen molar-refractivity contribution in [2.24, 2.45) is 5.73 Å². The number of methoxy groups -OCH3 is 1. The number of ether oxygens (including phenoxy) is 1. The van der Waals surface area contributed by atoms with Gasteiger partial charge in [-0.2, -0.15) is 0 Å². The number of hydrogen-bond acceptors (Lipinski definition) is 4. The molecule has 2 rings (SSSR count). The Hall–Kier alpha value is -2.15. The van der Waals surface area contributed by atoms with Gasteiger partial charge >= 0.3 is 6.03 Å². The van der Waals surface area contributed by atoms with Crippen molar-refractivity contribution >= 4 is 29.2 Å². The summed E-state index contributed by atoms with van der Waals surface area (Å²) in [4.78, 5) is 24.4. The Bertz CT molecular complexity index is 567. The first-order chi connectivity index (χ1) is 10.5. The van der Waals surface area contributed by atoms with Gasteiger partial charge in [0.25, 0.3) is 0 Å². The first-order valence-corrected chi connectivity index (χ1v) is 7.28. The smallest absolute Gasteiger partial charge is 0.312 e. The molecule has 0 unspecified atom stereocenters. The summed E-state index contributed by atoms with van der Waals surface area (Å²) in [6.07, 6.45) is 0.804. The molecule has 0 radical (unpaired) electrons. The van der Waals surface area contributed by atoms with Crippen LogP contribution < -0.4 is 26.0 Å². The van der Waals surface area contributed by atoms with E-state index in [0.29, 0.717) is 11.6 Å². The summed E-state index contributed by atoms with van der Waals surface area (Å²) in [5.74, 6) is 0.482. The van der Waals surface area contributed by atoms with Gasteiger partial charge in [0, 0.05) is 24.2 Å². The predicted molar refractivity (Wildman–Crippen MR) is 84.4 cm³/mol. The number of amides is 3. The first kappa shape index (κ1) is 16.2. The molecule has 4 N–H and O–H groups in total. The second kappa shape index (κ2) is 7.22. The molecular formula is C14H19ClN4O3. The highest BCUT2D eigenvalue weighted by Gasteiger charge is 2.26. The average molecular weight is 327 g/mol. The number of carbonyl (C=O) groups excluding carboxylic acids is 2. The van der Waals surface area contributed by atoms with Crippen LogP contribution in [0, 0.1) is 0 Å². The lowest BCUT2D eigenvalue weighted by atomic mass is 10.2. The minimum Gasteiger partial charge on any atom is -0.495 e. The summed E-state index contributed by atoms with van der Waals surface area (Å²) in [5.41, 5.74) is 5.83. The summed E-state index contributed by atoms with van der Waals surface area (Å²) in [6, 6.07) is 4.73. The Morgan fingerprint density at radius 1 is 1.50 bits per heavy atom. The van der Waals surface area contributed by atoms with Crippen LogP contribution >= 0.6 is 11.6 Å². The van der Waals surface area contributed by atoms with Crippen LogP contribution in [0.2, 0.25) is 5.02 Å². The van der Waals surface area contributed by atoms with Gasteiger partial charge < -0.3 is 26.0 Å². The summed E-state index contributed by atoms with van der Waals surface area (Å²) in [7, 11) is 1.61. The molecule has 22 heavy (non-hydrogen) atoms. The number of urea groups is 1. The number of nitrogens with zero attached hydrogens (tertiary/aromatic N) is 1. The lowest BCUT2D eigenvalue weighted by Gasteiger charge is -2.21. The van der Waals surface area contributed by atoms with Gasteiger partial charge in [-0.15, -0.1) is 0 Å². The summed E-state index contributed by atoms with van der Waals surface area (Å²) in [5, 5.41) is 5.76. The molecule has 1 saturated heterocycles. The molecular weight excluding hydrogens is 308 g/mol. The molecule has 0 bridgehead atoms. The van der Waals surface area contributed by atoms with Gasteiger partial charge in [-0.05, 0) is 24.6 Å². The standard InChI is InChI=1S/C14H19ClN4O3/c1-22-12-3-2-9(15)6-11(12)19-5-4-10(8-19)18-13(20)7-17-14(16)21/h2-3,6,10H,4-5,7-8H2,1H3,(H,18,20)(H3,16,17,21)/t10-/m0/s1. The first-order valence-electron chi connectivity index (χ1n) is 6.90. The molecule has 1 aliphatic rings. The molecule has 1 atom stereocenters. The van der Waals surface area contributed by atoms with Crippen molar-refractivity contribution in [2.75, 3.05) is 31.6 Å². The van der Waals surface area contributed by atoms with Gasteiger partial charge in [0.1, 0.15) is 5.75 Å². The Balaban J connectivity index is 1.94.